The van der Waals surface area contributed by atoms with Crippen LogP contribution < -0.4 is 15.6 Å². The van der Waals surface area contributed by atoms with Crippen molar-refractivity contribution in [2.24, 2.45) is 0 Å². The van der Waals surface area contributed by atoms with Gasteiger partial charge < -0.3 is 50.3 Å². The fraction of sp³-hybridized carbons (Fsp3) is 0.444. The number of rotatable bonds is 13. The highest BCUT2D eigenvalue weighted by Gasteiger charge is 2.57. The van der Waals surface area contributed by atoms with Crippen LogP contribution in [-0.2, 0) is 32.1 Å². The molecule has 284 valence electrons. The van der Waals surface area contributed by atoms with E-state index in [1.807, 2.05) is 0 Å². The zero-order valence-corrected chi connectivity index (χ0v) is 30.2. The van der Waals surface area contributed by atoms with Crippen LogP contribution in [0.5, 0.6) is 5.75 Å². The van der Waals surface area contributed by atoms with Gasteiger partial charge in [0.25, 0.3) is 5.91 Å². The SMILES string of the molecule is CC[C@@](O)(c1cc(F)c2c(c1)C(=O)N(Cc1ccc(Cl)cc1OCC(=O)[O-])[C@@]2(OC)c1ccc(Cl)cc1)C1(F)CCOCC1.[NH3+]C(CO)(CO)CO. The number of carbonyl (C=O) groups is 2. The first-order chi connectivity index (χ1) is 24.6. The van der Waals surface area contributed by atoms with Gasteiger partial charge in [0.1, 0.15) is 49.3 Å². The van der Waals surface area contributed by atoms with E-state index in [0.717, 1.165) is 6.07 Å². The molecule has 2 heterocycles. The van der Waals surface area contributed by atoms with Crippen molar-refractivity contribution in [3.63, 3.8) is 0 Å². The molecule has 0 radical (unpaired) electrons. The lowest BCUT2D eigenvalue weighted by Gasteiger charge is -2.44. The van der Waals surface area contributed by atoms with Crippen molar-refractivity contribution in [1.29, 1.82) is 0 Å². The highest BCUT2D eigenvalue weighted by Crippen LogP contribution is 2.51. The molecule has 0 bridgehead atoms. The number of nitrogens with zero attached hydrogens (tertiary/aromatic N) is 1. The third-order valence-corrected chi connectivity index (χ3v) is 10.0. The lowest BCUT2D eigenvalue weighted by atomic mass is 9.72. The van der Waals surface area contributed by atoms with Crippen LogP contribution in [0, 0.1) is 5.82 Å². The molecule has 2 aliphatic heterocycles. The standard InChI is InChI=1S/C32H31Cl2F2NO7.C4H11NO3/c1-3-31(41,30(36)10-12-43-13-11-30)21-14-24-28(25(35)15-21)32(42-2,20-5-8-22(33)9-6-20)37(29(24)40)17-19-4-7-23(34)16-26(19)44-18-27(38)39;5-4(1-6,2-7)3-8/h4-9,14-16,41H,3,10-13,17-18H2,1-2H3,(H,38,39);6-8H,1-3,5H2/t31-,32-;/m1./s1. The Morgan fingerprint density at radius 3 is 2.15 bits per heavy atom. The first-order valence-electron chi connectivity index (χ1n) is 16.3. The third-order valence-electron chi connectivity index (χ3n) is 9.54. The number of ether oxygens (including phenoxy) is 3. The fourth-order valence-electron chi connectivity index (χ4n) is 6.41. The number of quaternary nitrogens is 1. The number of carbonyl (C=O) groups excluding carboxylic acids is 2. The van der Waals surface area contributed by atoms with Crippen LogP contribution in [0.15, 0.2) is 54.6 Å². The zero-order valence-electron chi connectivity index (χ0n) is 28.7. The summed E-state index contributed by atoms with van der Waals surface area (Å²) < 4.78 is 49.6. The van der Waals surface area contributed by atoms with Crippen molar-refractivity contribution in [2.45, 2.75) is 55.3 Å². The third kappa shape index (κ3) is 7.91. The van der Waals surface area contributed by atoms with Crippen molar-refractivity contribution in [2.75, 3.05) is 46.8 Å². The Morgan fingerprint density at radius 1 is 1.04 bits per heavy atom. The van der Waals surface area contributed by atoms with Gasteiger partial charge in [0, 0.05) is 54.3 Å². The molecule has 1 saturated heterocycles. The Kier molecular flexibility index (Phi) is 13.3. The molecule has 2 atom stereocenters. The highest BCUT2D eigenvalue weighted by atomic mass is 35.5. The normalized spacial score (nSPS) is 19.4. The molecule has 0 aromatic heterocycles. The summed E-state index contributed by atoms with van der Waals surface area (Å²) in [6, 6.07) is 13.1. The second-order valence-electron chi connectivity index (χ2n) is 12.8. The predicted octanol–water partition coefficient (Wildman–Crippen LogP) is 1.82. The first kappa shape index (κ1) is 41.3. The molecule has 12 nitrogen and oxygen atoms in total. The van der Waals surface area contributed by atoms with Gasteiger partial charge in [-0.05, 0) is 48.4 Å². The lowest BCUT2D eigenvalue weighted by Crippen LogP contribution is -2.78. The Balaban J connectivity index is 0.000000677. The first-order valence-corrected chi connectivity index (χ1v) is 17.1. The van der Waals surface area contributed by atoms with Gasteiger partial charge in [-0.2, -0.15) is 0 Å². The van der Waals surface area contributed by atoms with Gasteiger partial charge in [-0.25, -0.2) is 8.78 Å². The average Bonchev–Trinajstić information content (AvgIpc) is 3.39. The van der Waals surface area contributed by atoms with Gasteiger partial charge in [-0.15, -0.1) is 0 Å². The van der Waals surface area contributed by atoms with E-state index in [9.17, 15) is 19.8 Å². The molecule has 0 saturated carbocycles. The number of carboxylic acids is 1. The van der Waals surface area contributed by atoms with Crippen LogP contribution in [0.25, 0.3) is 0 Å². The molecule has 52 heavy (non-hydrogen) atoms. The Labute approximate surface area is 309 Å². The van der Waals surface area contributed by atoms with Gasteiger partial charge in [0.15, 0.2) is 11.3 Å². The molecule has 3 aromatic carbocycles. The molecule has 2 aliphatic rings. The highest BCUT2D eigenvalue weighted by molar-refractivity contribution is 6.31. The minimum Gasteiger partial charge on any atom is -0.546 e. The van der Waals surface area contributed by atoms with E-state index in [1.54, 1.807) is 37.3 Å². The molecule has 16 heteroatoms. The van der Waals surface area contributed by atoms with Gasteiger partial charge >= 0.3 is 0 Å². The molecule has 0 unspecified atom stereocenters. The van der Waals surface area contributed by atoms with Crippen molar-refractivity contribution in [3.8, 4) is 5.75 Å². The molecule has 5 rings (SSSR count). The molecule has 7 N–H and O–H groups in total. The number of aliphatic hydroxyl groups is 4. The minimum absolute atomic E-state index is 0.0620. The van der Waals surface area contributed by atoms with Crippen LogP contribution in [-0.4, -0.2) is 95.2 Å². The van der Waals surface area contributed by atoms with E-state index in [4.69, 9.17) is 52.7 Å². The van der Waals surface area contributed by atoms with E-state index >= 15 is 8.78 Å². The van der Waals surface area contributed by atoms with Crippen molar-refractivity contribution in [3.05, 3.63) is 98.3 Å². The van der Waals surface area contributed by atoms with E-state index in [-0.39, 0.29) is 86.3 Å². The number of aliphatic carboxylic acids is 1. The van der Waals surface area contributed by atoms with Gasteiger partial charge in [-0.1, -0.05) is 48.3 Å². The van der Waals surface area contributed by atoms with Gasteiger partial charge in [-0.3, -0.25) is 9.69 Å². The summed E-state index contributed by atoms with van der Waals surface area (Å²) in [5.74, 6) is -2.98. The average molecular weight is 772 g/mol. The molecule has 0 aliphatic carbocycles. The van der Waals surface area contributed by atoms with Crippen LogP contribution in [0.2, 0.25) is 10.0 Å². The summed E-state index contributed by atoms with van der Waals surface area (Å²) in [6.45, 7) is -0.131. The quantitative estimate of drug-likeness (QED) is 0.171. The molecule has 1 amide bonds. The monoisotopic (exact) mass is 770 g/mol. The van der Waals surface area contributed by atoms with Crippen molar-refractivity contribution < 1.29 is 63.8 Å². The van der Waals surface area contributed by atoms with Crippen LogP contribution in [0.4, 0.5) is 8.78 Å². The molecular formula is C36H42Cl2F2N2O10. The second kappa shape index (κ2) is 16.7. The number of halogens is 4. The summed E-state index contributed by atoms with van der Waals surface area (Å²) in [7, 11) is 1.31. The topological polar surface area (TPSA) is 197 Å². The number of aliphatic hydroxyl groups excluding tert-OH is 3. The Morgan fingerprint density at radius 2 is 1.63 bits per heavy atom. The van der Waals surface area contributed by atoms with E-state index in [1.165, 1.54) is 30.2 Å². The summed E-state index contributed by atoms with van der Waals surface area (Å²) in [4.78, 5) is 26.7. The number of fused-ring (bicyclic) bond motifs is 1. The van der Waals surface area contributed by atoms with Crippen LogP contribution >= 0.6 is 23.2 Å². The number of amides is 1. The second-order valence-corrected chi connectivity index (χ2v) is 13.7. The lowest BCUT2D eigenvalue weighted by molar-refractivity contribution is -0.494. The number of hydrogen-bond acceptors (Lipinski definition) is 10. The number of hydrogen-bond donors (Lipinski definition) is 5. The summed E-state index contributed by atoms with van der Waals surface area (Å²) in [5.41, 5.74) is -3.33. The fourth-order valence-corrected chi connectivity index (χ4v) is 6.70. The zero-order chi connectivity index (χ0) is 38.5. The molecule has 0 spiro atoms. The van der Waals surface area contributed by atoms with E-state index in [2.05, 4.69) is 5.73 Å². The summed E-state index contributed by atoms with van der Waals surface area (Å²) in [5, 5.41) is 48.7. The summed E-state index contributed by atoms with van der Waals surface area (Å²) in [6.07, 6.45) is -0.293. The van der Waals surface area contributed by atoms with Crippen LogP contribution in [0.3, 0.4) is 0 Å². The Hall–Kier alpha value is -3.44. The predicted molar refractivity (Wildman–Crippen MR) is 182 cm³/mol. The minimum atomic E-state index is -2.12. The van der Waals surface area contributed by atoms with E-state index < -0.39 is 46.8 Å². The van der Waals surface area contributed by atoms with Crippen LogP contribution in [0.1, 0.15) is 58.8 Å². The van der Waals surface area contributed by atoms with Crippen molar-refractivity contribution in [1.82, 2.24) is 4.90 Å². The van der Waals surface area contributed by atoms with Gasteiger partial charge in [0.2, 0.25) is 0 Å². The van der Waals surface area contributed by atoms with Crippen molar-refractivity contribution >= 4 is 35.1 Å². The molecule has 3 aromatic rings. The maximum Gasteiger partial charge on any atom is 0.257 e. The number of benzene rings is 3. The number of alkyl halides is 1. The Bertz CT molecular complexity index is 1730. The number of carboxylic acid groups (broad SMARTS) is 1. The van der Waals surface area contributed by atoms with Gasteiger partial charge in [0.05, 0.1) is 23.6 Å². The maximum absolute atomic E-state index is 16.5. The number of methoxy groups -OCH3 is 1. The molecular weight excluding hydrogens is 729 g/mol. The maximum atomic E-state index is 16.5. The molecule has 1 fully saturated rings. The summed E-state index contributed by atoms with van der Waals surface area (Å²) >= 11 is 12.3. The largest absolute Gasteiger partial charge is 0.546 e. The van der Waals surface area contributed by atoms with E-state index in [0.29, 0.717) is 16.1 Å². The smallest absolute Gasteiger partial charge is 0.257 e.